The average Bonchev–Trinajstić information content (AvgIpc) is 3.16. The lowest BCUT2D eigenvalue weighted by molar-refractivity contribution is -0.132. The van der Waals surface area contributed by atoms with Gasteiger partial charge >= 0.3 is 0 Å². The first-order valence-electron chi connectivity index (χ1n) is 7.46. The molecule has 2 saturated heterocycles. The maximum atomic E-state index is 12.5. The predicted molar refractivity (Wildman–Crippen MR) is 88.4 cm³/mol. The second-order valence-corrected chi connectivity index (χ2v) is 5.67. The lowest BCUT2D eigenvalue weighted by Crippen LogP contribution is -2.45. The molecule has 2 fully saturated rings. The van der Waals surface area contributed by atoms with Gasteiger partial charge in [0.1, 0.15) is 6.04 Å². The summed E-state index contributed by atoms with van der Waals surface area (Å²) in [5, 5.41) is 12.4. The van der Waals surface area contributed by atoms with Crippen LogP contribution in [0.4, 0.5) is 0 Å². The first kappa shape index (κ1) is 16.5. The third-order valence-corrected chi connectivity index (χ3v) is 4.20. The highest BCUT2D eigenvalue weighted by Gasteiger charge is 2.35. The van der Waals surface area contributed by atoms with Gasteiger partial charge in [-0.3, -0.25) is 4.79 Å². The minimum atomic E-state index is -0.235. The Morgan fingerprint density at radius 1 is 1.36 bits per heavy atom. The first-order chi connectivity index (χ1) is 10.3. The van der Waals surface area contributed by atoms with Gasteiger partial charge in [0.25, 0.3) is 0 Å². The number of benzene rings is 1. The van der Waals surface area contributed by atoms with Crippen molar-refractivity contribution in [1.29, 1.82) is 5.26 Å². The zero-order valence-corrected chi connectivity index (χ0v) is 13.2. The Balaban J connectivity index is 0.00000176. The van der Waals surface area contributed by atoms with Crippen LogP contribution in [-0.4, -0.2) is 36.0 Å². The van der Waals surface area contributed by atoms with Crippen molar-refractivity contribution < 1.29 is 4.79 Å². The van der Waals surface area contributed by atoms with Crippen LogP contribution in [0.15, 0.2) is 35.9 Å². The molecule has 0 aromatic heterocycles. The van der Waals surface area contributed by atoms with Crippen molar-refractivity contribution in [3.05, 3.63) is 41.5 Å². The molecular weight excluding hydrogens is 298 g/mol. The van der Waals surface area contributed by atoms with E-state index in [1.54, 1.807) is 4.90 Å². The lowest BCUT2D eigenvalue weighted by Gasteiger charge is -2.22. The van der Waals surface area contributed by atoms with E-state index in [2.05, 4.69) is 29.6 Å². The number of carbonyl (C=O) groups excluding carboxylic acids is 1. The molecule has 4 nitrogen and oxygen atoms in total. The summed E-state index contributed by atoms with van der Waals surface area (Å²) in [6.07, 6.45) is 4.62. The molecule has 22 heavy (non-hydrogen) atoms. The number of nitriles is 1. The molecule has 3 rings (SSSR count). The minimum absolute atomic E-state index is 0. The van der Waals surface area contributed by atoms with Crippen LogP contribution >= 0.6 is 12.4 Å². The average molecular weight is 318 g/mol. The molecule has 2 aliphatic heterocycles. The fraction of sp³-hybridized carbons (Fsp3) is 0.412. The highest BCUT2D eigenvalue weighted by Crippen LogP contribution is 2.22. The van der Waals surface area contributed by atoms with Crippen LogP contribution in [0.25, 0.3) is 6.08 Å². The third-order valence-electron chi connectivity index (χ3n) is 4.20. The smallest absolute Gasteiger partial charge is 0.241 e. The van der Waals surface area contributed by atoms with E-state index in [1.165, 1.54) is 11.1 Å². The Hall–Kier alpha value is -1.83. The van der Waals surface area contributed by atoms with E-state index >= 15 is 0 Å². The highest BCUT2D eigenvalue weighted by atomic mass is 35.5. The number of likely N-dealkylation sites (tertiary alicyclic amines) is 1. The van der Waals surface area contributed by atoms with E-state index in [1.807, 2.05) is 18.2 Å². The zero-order chi connectivity index (χ0) is 14.7. The van der Waals surface area contributed by atoms with Crippen molar-refractivity contribution in [2.45, 2.75) is 31.3 Å². The standard InChI is InChI=1S/C17H19N3O.ClH/c18-11-15-7-4-8-20(15)17(21)16-10-14(12-19-16)9-13-5-2-1-3-6-13;/h1-3,5-6,9,15-16,19H,4,7-8,10,12H2;1H/b14-9+;/t15-,16-;/m0./s1. The molecule has 1 aromatic rings. The van der Waals surface area contributed by atoms with Crippen molar-refractivity contribution in [1.82, 2.24) is 10.2 Å². The summed E-state index contributed by atoms with van der Waals surface area (Å²) in [6.45, 7) is 1.46. The fourth-order valence-electron chi connectivity index (χ4n) is 3.10. The van der Waals surface area contributed by atoms with E-state index in [0.29, 0.717) is 6.54 Å². The van der Waals surface area contributed by atoms with E-state index < -0.39 is 0 Å². The van der Waals surface area contributed by atoms with Gasteiger partial charge in [-0.2, -0.15) is 5.26 Å². The molecule has 0 bridgehead atoms. The molecule has 5 heteroatoms. The maximum absolute atomic E-state index is 12.5. The van der Waals surface area contributed by atoms with Gasteiger partial charge in [-0.15, -0.1) is 12.4 Å². The van der Waals surface area contributed by atoms with Crippen LogP contribution in [0, 0.1) is 11.3 Å². The molecule has 0 spiro atoms. The van der Waals surface area contributed by atoms with Crippen LogP contribution in [0.1, 0.15) is 24.8 Å². The molecule has 1 N–H and O–H groups in total. The SMILES string of the molecule is Cl.N#C[C@@H]1CCCN1C(=O)[C@@H]1C/C(=C\c2ccccc2)CN1. The number of rotatable bonds is 2. The number of hydrogen-bond donors (Lipinski definition) is 1. The maximum Gasteiger partial charge on any atom is 0.241 e. The Morgan fingerprint density at radius 3 is 2.86 bits per heavy atom. The van der Waals surface area contributed by atoms with E-state index in [0.717, 1.165) is 25.8 Å². The Bertz CT molecular complexity index is 594. The fourth-order valence-corrected chi connectivity index (χ4v) is 3.10. The second-order valence-electron chi connectivity index (χ2n) is 5.67. The first-order valence-corrected chi connectivity index (χ1v) is 7.46. The predicted octanol–water partition coefficient (Wildman–Crippen LogP) is 2.37. The van der Waals surface area contributed by atoms with Crippen molar-refractivity contribution >= 4 is 24.4 Å². The van der Waals surface area contributed by atoms with Gasteiger partial charge in [0.15, 0.2) is 0 Å². The largest absolute Gasteiger partial charge is 0.325 e. The molecule has 1 amide bonds. The minimum Gasteiger partial charge on any atom is -0.325 e. The number of carbonyl (C=O) groups is 1. The van der Waals surface area contributed by atoms with Gasteiger partial charge in [0, 0.05) is 13.1 Å². The molecule has 116 valence electrons. The van der Waals surface area contributed by atoms with Crippen molar-refractivity contribution in [2.24, 2.45) is 0 Å². The molecule has 0 radical (unpaired) electrons. The van der Waals surface area contributed by atoms with Crippen molar-refractivity contribution in [2.75, 3.05) is 13.1 Å². The summed E-state index contributed by atoms with van der Waals surface area (Å²) in [5.41, 5.74) is 2.41. The van der Waals surface area contributed by atoms with E-state index in [9.17, 15) is 4.79 Å². The van der Waals surface area contributed by atoms with Gasteiger partial charge in [0.2, 0.25) is 5.91 Å². The van der Waals surface area contributed by atoms with Crippen LogP contribution in [-0.2, 0) is 4.79 Å². The molecule has 0 aliphatic carbocycles. The van der Waals surface area contributed by atoms with Gasteiger partial charge in [0.05, 0.1) is 12.1 Å². The molecular formula is C17H20ClN3O. The summed E-state index contributed by atoms with van der Waals surface area (Å²) in [5.74, 6) is 0.0792. The molecule has 2 aliphatic rings. The van der Waals surface area contributed by atoms with E-state index in [-0.39, 0.29) is 30.4 Å². The molecule has 2 atom stereocenters. The Kier molecular flexibility index (Phi) is 5.59. The molecule has 1 aromatic carbocycles. The summed E-state index contributed by atoms with van der Waals surface area (Å²) in [7, 11) is 0. The molecule has 2 heterocycles. The van der Waals surface area contributed by atoms with Gasteiger partial charge in [-0.25, -0.2) is 0 Å². The van der Waals surface area contributed by atoms with Crippen molar-refractivity contribution in [3.63, 3.8) is 0 Å². The topological polar surface area (TPSA) is 56.1 Å². The van der Waals surface area contributed by atoms with Gasteiger partial charge in [-0.1, -0.05) is 42.0 Å². The van der Waals surface area contributed by atoms with Crippen LogP contribution in [0.5, 0.6) is 0 Å². The summed E-state index contributed by atoms with van der Waals surface area (Å²) in [6, 6.07) is 12.0. The van der Waals surface area contributed by atoms with Gasteiger partial charge < -0.3 is 10.2 Å². The summed E-state index contributed by atoms with van der Waals surface area (Å²) in [4.78, 5) is 14.2. The second kappa shape index (κ2) is 7.44. The number of halogens is 1. The summed E-state index contributed by atoms with van der Waals surface area (Å²) >= 11 is 0. The Morgan fingerprint density at radius 2 is 2.14 bits per heavy atom. The third kappa shape index (κ3) is 3.49. The normalized spacial score (nSPS) is 25.8. The highest BCUT2D eigenvalue weighted by molar-refractivity contribution is 5.85. The van der Waals surface area contributed by atoms with Crippen LogP contribution < -0.4 is 5.32 Å². The lowest BCUT2D eigenvalue weighted by atomic mass is 10.1. The monoisotopic (exact) mass is 317 g/mol. The van der Waals surface area contributed by atoms with E-state index in [4.69, 9.17) is 5.26 Å². The quantitative estimate of drug-likeness (QED) is 0.911. The molecule has 0 unspecified atom stereocenters. The van der Waals surface area contributed by atoms with Crippen molar-refractivity contribution in [3.8, 4) is 6.07 Å². The Labute approximate surface area is 137 Å². The molecule has 0 saturated carbocycles. The summed E-state index contributed by atoms with van der Waals surface area (Å²) < 4.78 is 0. The number of amides is 1. The van der Waals surface area contributed by atoms with Gasteiger partial charge in [-0.05, 0) is 24.8 Å². The van der Waals surface area contributed by atoms with Crippen LogP contribution in [0.3, 0.4) is 0 Å². The van der Waals surface area contributed by atoms with Crippen LogP contribution in [0.2, 0.25) is 0 Å². The number of hydrogen-bond acceptors (Lipinski definition) is 3. The number of nitrogens with zero attached hydrogens (tertiary/aromatic N) is 2. The zero-order valence-electron chi connectivity index (χ0n) is 12.4. The number of nitrogens with one attached hydrogen (secondary N) is 1.